The van der Waals surface area contributed by atoms with E-state index in [0.29, 0.717) is 5.56 Å². The number of hydrogen-bond donors (Lipinski definition) is 3. The van der Waals surface area contributed by atoms with Crippen molar-refractivity contribution >= 4 is 17.3 Å². The van der Waals surface area contributed by atoms with Crippen molar-refractivity contribution in [3.8, 4) is 0 Å². The number of nitrogens with one attached hydrogen (secondary N) is 3. The van der Waals surface area contributed by atoms with Crippen LogP contribution in [-0.4, -0.2) is 24.0 Å². The summed E-state index contributed by atoms with van der Waals surface area (Å²) < 4.78 is 2.10. The van der Waals surface area contributed by atoms with Gasteiger partial charge in [0.1, 0.15) is 11.6 Å². The summed E-state index contributed by atoms with van der Waals surface area (Å²) in [6.45, 7) is 0. The van der Waals surface area contributed by atoms with E-state index in [1.165, 1.54) is 42.9 Å². The van der Waals surface area contributed by atoms with Crippen LogP contribution in [0.5, 0.6) is 0 Å². The molecule has 29 heavy (non-hydrogen) atoms. The Labute approximate surface area is 160 Å². The van der Waals surface area contributed by atoms with Gasteiger partial charge in [-0.1, -0.05) is 12.1 Å². The van der Waals surface area contributed by atoms with Gasteiger partial charge in [0, 0.05) is 26.2 Å². The number of aromatic amines is 2. The van der Waals surface area contributed by atoms with E-state index in [1.54, 1.807) is 0 Å². The number of nitro benzene ring substituents is 1. The Morgan fingerprint density at radius 2 is 1.62 bits per heavy atom. The number of aromatic nitrogens is 4. The van der Waals surface area contributed by atoms with Crippen molar-refractivity contribution in [1.29, 1.82) is 0 Å². The summed E-state index contributed by atoms with van der Waals surface area (Å²) in [6.07, 6.45) is 0. The highest BCUT2D eigenvalue weighted by molar-refractivity contribution is 5.70. The second-order valence-electron chi connectivity index (χ2n) is 6.57. The molecule has 0 spiro atoms. The van der Waals surface area contributed by atoms with Crippen molar-refractivity contribution in [2.75, 3.05) is 5.32 Å². The maximum atomic E-state index is 13.0. The molecular formula is C17H14N6O6. The molecule has 1 unspecified atom stereocenters. The van der Waals surface area contributed by atoms with E-state index < -0.39 is 33.3 Å². The van der Waals surface area contributed by atoms with Crippen LogP contribution in [0.15, 0.2) is 43.4 Å². The first kappa shape index (κ1) is 18.2. The van der Waals surface area contributed by atoms with Crippen LogP contribution in [0.25, 0.3) is 0 Å². The molecule has 0 radical (unpaired) electrons. The third kappa shape index (κ3) is 2.61. The van der Waals surface area contributed by atoms with Crippen molar-refractivity contribution in [2.24, 2.45) is 14.1 Å². The van der Waals surface area contributed by atoms with E-state index in [0.717, 1.165) is 4.57 Å². The van der Waals surface area contributed by atoms with Gasteiger partial charge in [0.2, 0.25) is 0 Å². The van der Waals surface area contributed by atoms with Crippen LogP contribution in [0, 0.1) is 10.1 Å². The molecular weight excluding hydrogens is 384 g/mol. The van der Waals surface area contributed by atoms with Gasteiger partial charge in [0.15, 0.2) is 0 Å². The molecule has 1 aromatic carbocycles. The first-order valence-corrected chi connectivity index (χ1v) is 8.38. The fraction of sp³-hybridized carbons (Fsp3) is 0.176. The Hall–Kier alpha value is -4.22. The summed E-state index contributed by atoms with van der Waals surface area (Å²) in [6, 6.07) is 5.36. The normalized spacial score (nSPS) is 14.6. The molecule has 12 heteroatoms. The SMILES string of the molecule is Cn1c2c(c(=O)n(C)c1=O)C(c1ccc([N+](=O)[O-])cc1)c1c([nH]c(=O)[nH]c1=O)N2. The van der Waals surface area contributed by atoms with E-state index in [2.05, 4.69) is 15.3 Å². The number of fused-ring (bicyclic) bond motifs is 2. The van der Waals surface area contributed by atoms with E-state index in [-0.39, 0.29) is 28.5 Å². The van der Waals surface area contributed by atoms with Crippen LogP contribution in [0.4, 0.5) is 17.3 Å². The highest BCUT2D eigenvalue weighted by Crippen LogP contribution is 2.39. The Morgan fingerprint density at radius 3 is 2.24 bits per heavy atom. The van der Waals surface area contributed by atoms with Crippen LogP contribution in [0.1, 0.15) is 22.6 Å². The molecule has 1 atom stereocenters. The average molecular weight is 398 g/mol. The Bertz CT molecular complexity index is 1410. The number of benzene rings is 1. The molecule has 0 bridgehead atoms. The molecule has 0 aliphatic carbocycles. The lowest BCUT2D eigenvalue weighted by molar-refractivity contribution is -0.384. The summed E-state index contributed by atoms with van der Waals surface area (Å²) >= 11 is 0. The summed E-state index contributed by atoms with van der Waals surface area (Å²) in [5.41, 5.74) is -2.30. The molecule has 1 aliphatic rings. The molecule has 0 amide bonds. The number of anilines is 2. The minimum atomic E-state index is -0.965. The highest BCUT2D eigenvalue weighted by Gasteiger charge is 2.35. The molecule has 0 fully saturated rings. The van der Waals surface area contributed by atoms with Gasteiger partial charge in [-0.3, -0.25) is 38.8 Å². The van der Waals surface area contributed by atoms with Crippen LogP contribution in [0.3, 0.4) is 0 Å². The number of H-pyrrole nitrogens is 2. The van der Waals surface area contributed by atoms with Crippen molar-refractivity contribution in [2.45, 2.75) is 5.92 Å². The molecule has 3 N–H and O–H groups in total. The van der Waals surface area contributed by atoms with Gasteiger partial charge >= 0.3 is 11.4 Å². The molecule has 0 saturated carbocycles. The lowest BCUT2D eigenvalue weighted by Gasteiger charge is -2.29. The smallest absolute Gasteiger partial charge is 0.327 e. The molecule has 1 aliphatic heterocycles. The molecule has 3 aromatic rings. The van der Waals surface area contributed by atoms with Crippen molar-refractivity contribution in [1.82, 2.24) is 19.1 Å². The quantitative estimate of drug-likeness (QED) is 0.305. The van der Waals surface area contributed by atoms with Gasteiger partial charge in [-0.25, -0.2) is 9.59 Å². The largest absolute Gasteiger partial charge is 0.332 e. The standard InChI is InChI=1S/C17H14N6O6/c1-21-13-11(15(25)22(2)17(21)27)9(7-3-5-8(6-4-7)23(28)29)10-12(18-13)19-16(26)20-14(10)24/h3-6,9H,1-2H3,(H3,18,19,20,24,26). The van der Waals surface area contributed by atoms with Crippen molar-refractivity contribution < 1.29 is 4.92 Å². The minimum absolute atomic E-state index is 0.0397. The minimum Gasteiger partial charge on any atom is -0.327 e. The molecule has 2 aromatic heterocycles. The monoisotopic (exact) mass is 398 g/mol. The fourth-order valence-corrected chi connectivity index (χ4v) is 3.54. The van der Waals surface area contributed by atoms with Crippen molar-refractivity contribution in [3.05, 3.63) is 92.7 Å². The number of nitro groups is 1. The number of non-ortho nitro benzene ring substituents is 1. The van der Waals surface area contributed by atoms with Gasteiger partial charge in [-0.2, -0.15) is 0 Å². The summed E-state index contributed by atoms with van der Waals surface area (Å²) in [5.74, 6) is -0.804. The van der Waals surface area contributed by atoms with Crippen LogP contribution >= 0.6 is 0 Å². The predicted octanol–water partition coefficient (Wildman–Crippen LogP) is -0.394. The lowest BCUT2D eigenvalue weighted by atomic mass is 9.84. The molecule has 148 valence electrons. The first-order chi connectivity index (χ1) is 13.7. The Kier molecular flexibility index (Phi) is 3.85. The summed E-state index contributed by atoms with van der Waals surface area (Å²) in [5, 5.41) is 13.8. The third-order valence-electron chi connectivity index (χ3n) is 4.94. The zero-order chi connectivity index (χ0) is 21.0. The van der Waals surface area contributed by atoms with E-state index in [1.807, 2.05) is 0 Å². The maximum Gasteiger partial charge on any atom is 0.332 e. The third-order valence-corrected chi connectivity index (χ3v) is 4.94. The number of hydrogen-bond acceptors (Lipinski definition) is 7. The average Bonchev–Trinajstić information content (AvgIpc) is 2.69. The van der Waals surface area contributed by atoms with Gasteiger partial charge in [-0.05, 0) is 5.56 Å². The molecule has 3 heterocycles. The van der Waals surface area contributed by atoms with Crippen molar-refractivity contribution in [3.63, 3.8) is 0 Å². The summed E-state index contributed by atoms with van der Waals surface area (Å²) in [7, 11) is 2.75. The summed E-state index contributed by atoms with van der Waals surface area (Å²) in [4.78, 5) is 64.6. The van der Waals surface area contributed by atoms with Crippen LogP contribution in [-0.2, 0) is 14.1 Å². The van der Waals surface area contributed by atoms with Crippen LogP contribution in [0.2, 0.25) is 0 Å². The maximum absolute atomic E-state index is 13.0. The first-order valence-electron chi connectivity index (χ1n) is 8.38. The second kappa shape index (κ2) is 6.15. The highest BCUT2D eigenvalue weighted by atomic mass is 16.6. The van der Waals surface area contributed by atoms with E-state index >= 15 is 0 Å². The van der Waals surface area contributed by atoms with E-state index in [4.69, 9.17) is 0 Å². The van der Waals surface area contributed by atoms with Crippen LogP contribution < -0.4 is 27.8 Å². The molecule has 0 saturated heterocycles. The number of rotatable bonds is 2. The number of nitrogens with zero attached hydrogens (tertiary/aromatic N) is 3. The van der Waals surface area contributed by atoms with E-state index in [9.17, 15) is 29.3 Å². The Morgan fingerprint density at radius 1 is 0.966 bits per heavy atom. The lowest BCUT2D eigenvalue weighted by Crippen LogP contribution is -2.44. The van der Waals surface area contributed by atoms with Gasteiger partial charge < -0.3 is 5.32 Å². The second-order valence-corrected chi connectivity index (χ2v) is 6.57. The zero-order valence-corrected chi connectivity index (χ0v) is 15.2. The predicted molar refractivity (Wildman–Crippen MR) is 102 cm³/mol. The zero-order valence-electron chi connectivity index (χ0n) is 15.2. The Balaban J connectivity index is 2.11. The molecule has 12 nitrogen and oxygen atoms in total. The fourth-order valence-electron chi connectivity index (χ4n) is 3.54. The van der Waals surface area contributed by atoms with Gasteiger partial charge in [0.05, 0.1) is 22.0 Å². The van der Waals surface area contributed by atoms with Gasteiger partial charge in [-0.15, -0.1) is 0 Å². The topological polar surface area (TPSA) is 165 Å². The molecule has 4 rings (SSSR count). The van der Waals surface area contributed by atoms with Gasteiger partial charge in [0.25, 0.3) is 16.8 Å².